The molecule has 0 aliphatic rings. The number of hydrogen-bond donors (Lipinski definition) is 0. The summed E-state index contributed by atoms with van der Waals surface area (Å²) in [5, 5.41) is 0. The second-order valence-electron chi connectivity index (χ2n) is 17.5. The zero-order valence-corrected chi connectivity index (χ0v) is 38.6. The van der Waals surface area contributed by atoms with Gasteiger partial charge in [0, 0.05) is 19.3 Å². The van der Waals surface area contributed by atoms with Crippen molar-refractivity contribution < 1.29 is 28.6 Å². The Bertz CT molecular complexity index is 844. The Labute approximate surface area is 355 Å². The van der Waals surface area contributed by atoms with Crippen LogP contribution in [0.25, 0.3) is 0 Å². The zero-order chi connectivity index (χ0) is 41.5. The number of carbonyl (C=O) groups excluding carboxylic acids is 3. The monoisotopic (exact) mass is 807 g/mol. The molecule has 6 nitrogen and oxygen atoms in total. The first kappa shape index (κ1) is 55.4. The van der Waals surface area contributed by atoms with E-state index >= 15 is 0 Å². The average molecular weight is 807 g/mol. The van der Waals surface area contributed by atoms with E-state index in [1.165, 1.54) is 193 Å². The first-order valence-corrected chi connectivity index (χ1v) is 25.5. The van der Waals surface area contributed by atoms with Crippen LogP contribution in [0.4, 0.5) is 0 Å². The van der Waals surface area contributed by atoms with Gasteiger partial charge >= 0.3 is 17.9 Å². The Balaban J connectivity index is 4.11. The molecule has 0 aliphatic carbocycles. The highest BCUT2D eigenvalue weighted by Crippen LogP contribution is 2.17. The SMILES string of the molecule is CCCCCCCCCCCCCCCCCCCCCCC(=O)OCC(COC(=O)CCCCCCCC)OC(=O)CCCCCCCCCCCCCCC. The van der Waals surface area contributed by atoms with E-state index in [0.29, 0.717) is 19.3 Å². The van der Waals surface area contributed by atoms with Crippen molar-refractivity contribution in [2.75, 3.05) is 13.2 Å². The van der Waals surface area contributed by atoms with Crippen LogP contribution in [0.3, 0.4) is 0 Å². The van der Waals surface area contributed by atoms with Crippen molar-refractivity contribution in [1.82, 2.24) is 0 Å². The van der Waals surface area contributed by atoms with Crippen LogP contribution in [0.2, 0.25) is 0 Å². The van der Waals surface area contributed by atoms with Crippen LogP contribution in [0.15, 0.2) is 0 Å². The third-order valence-electron chi connectivity index (χ3n) is 11.6. The minimum absolute atomic E-state index is 0.0628. The summed E-state index contributed by atoms with van der Waals surface area (Å²) in [6.07, 6.45) is 49.7. The summed E-state index contributed by atoms with van der Waals surface area (Å²) in [4.78, 5) is 37.7. The minimum atomic E-state index is -0.758. The van der Waals surface area contributed by atoms with E-state index in [9.17, 15) is 14.4 Å². The predicted molar refractivity (Wildman–Crippen MR) is 243 cm³/mol. The highest BCUT2D eigenvalue weighted by molar-refractivity contribution is 5.71. The van der Waals surface area contributed by atoms with Crippen molar-refractivity contribution >= 4 is 17.9 Å². The molecule has 0 aromatic carbocycles. The Morgan fingerprint density at radius 3 is 0.702 bits per heavy atom. The highest BCUT2D eigenvalue weighted by atomic mass is 16.6. The van der Waals surface area contributed by atoms with E-state index in [1.54, 1.807) is 0 Å². The van der Waals surface area contributed by atoms with Crippen molar-refractivity contribution in [2.45, 2.75) is 297 Å². The van der Waals surface area contributed by atoms with Crippen LogP contribution in [0.1, 0.15) is 290 Å². The maximum Gasteiger partial charge on any atom is 0.306 e. The molecule has 0 aromatic rings. The summed E-state index contributed by atoms with van der Waals surface area (Å²) in [5.74, 6) is -0.854. The molecule has 0 aromatic heterocycles. The summed E-state index contributed by atoms with van der Waals surface area (Å²) >= 11 is 0. The van der Waals surface area contributed by atoms with Gasteiger partial charge in [-0.15, -0.1) is 0 Å². The summed E-state index contributed by atoms with van der Waals surface area (Å²) in [6, 6.07) is 0. The molecule has 0 fully saturated rings. The maximum absolute atomic E-state index is 12.7. The molecule has 1 atom stereocenters. The topological polar surface area (TPSA) is 78.9 Å². The van der Waals surface area contributed by atoms with Gasteiger partial charge in [0.1, 0.15) is 13.2 Å². The maximum atomic E-state index is 12.7. The largest absolute Gasteiger partial charge is 0.462 e. The molecule has 6 heteroatoms. The molecule has 0 aliphatic heterocycles. The van der Waals surface area contributed by atoms with Gasteiger partial charge in [-0.25, -0.2) is 0 Å². The lowest BCUT2D eigenvalue weighted by molar-refractivity contribution is -0.167. The molecule has 0 saturated carbocycles. The minimum Gasteiger partial charge on any atom is -0.462 e. The standard InChI is InChI=1S/C51H98O6/c1-4-7-10-13-16-18-20-22-23-24-25-26-27-28-30-31-33-35-38-41-44-50(53)56-47-48(46-55-49(52)43-40-37-15-12-9-6-3)57-51(54)45-42-39-36-34-32-29-21-19-17-14-11-8-5-2/h48H,4-47H2,1-3H3. The number of rotatable bonds is 47. The summed E-state index contributed by atoms with van der Waals surface area (Å²) < 4.78 is 16.7. The molecule has 0 heterocycles. The molecule has 0 N–H and O–H groups in total. The van der Waals surface area contributed by atoms with Gasteiger partial charge in [-0.1, -0.05) is 252 Å². The lowest BCUT2D eigenvalue weighted by atomic mass is 10.0. The van der Waals surface area contributed by atoms with E-state index in [1.807, 2.05) is 0 Å². The van der Waals surface area contributed by atoms with Gasteiger partial charge in [0.15, 0.2) is 6.10 Å². The van der Waals surface area contributed by atoms with E-state index in [4.69, 9.17) is 14.2 Å². The van der Waals surface area contributed by atoms with Gasteiger partial charge in [-0.2, -0.15) is 0 Å². The lowest BCUT2D eigenvalue weighted by Crippen LogP contribution is -2.30. The average Bonchev–Trinajstić information content (AvgIpc) is 3.21. The van der Waals surface area contributed by atoms with Gasteiger partial charge in [0.25, 0.3) is 0 Å². The smallest absolute Gasteiger partial charge is 0.306 e. The van der Waals surface area contributed by atoms with Crippen LogP contribution in [-0.2, 0) is 28.6 Å². The molecule has 0 amide bonds. The Morgan fingerprint density at radius 1 is 0.281 bits per heavy atom. The van der Waals surface area contributed by atoms with Crippen molar-refractivity contribution in [3.63, 3.8) is 0 Å². The van der Waals surface area contributed by atoms with E-state index < -0.39 is 6.10 Å². The number of esters is 3. The predicted octanol–water partition coefficient (Wildman–Crippen LogP) is 16.4. The van der Waals surface area contributed by atoms with Crippen molar-refractivity contribution in [3.05, 3.63) is 0 Å². The molecular weight excluding hydrogens is 709 g/mol. The third kappa shape index (κ3) is 45.3. The Hall–Kier alpha value is -1.59. The first-order valence-electron chi connectivity index (χ1n) is 25.5. The lowest BCUT2D eigenvalue weighted by Gasteiger charge is -2.18. The fourth-order valence-electron chi connectivity index (χ4n) is 7.74. The summed E-state index contributed by atoms with van der Waals surface area (Å²) in [6.45, 7) is 6.62. The van der Waals surface area contributed by atoms with E-state index in [0.717, 1.165) is 57.8 Å². The van der Waals surface area contributed by atoms with Gasteiger partial charge in [0.05, 0.1) is 0 Å². The number of unbranched alkanes of at least 4 members (excludes halogenated alkanes) is 36. The molecule has 338 valence electrons. The van der Waals surface area contributed by atoms with Gasteiger partial charge < -0.3 is 14.2 Å². The fraction of sp³-hybridized carbons (Fsp3) is 0.941. The van der Waals surface area contributed by atoms with Gasteiger partial charge in [-0.3, -0.25) is 14.4 Å². The second-order valence-corrected chi connectivity index (χ2v) is 17.5. The van der Waals surface area contributed by atoms with Crippen LogP contribution >= 0.6 is 0 Å². The normalized spacial score (nSPS) is 11.8. The molecule has 57 heavy (non-hydrogen) atoms. The van der Waals surface area contributed by atoms with Crippen LogP contribution in [-0.4, -0.2) is 37.2 Å². The molecular formula is C51H98O6. The fourth-order valence-corrected chi connectivity index (χ4v) is 7.74. The Morgan fingerprint density at radius 2 is 0.474 bits per heavy atom. The van der Waals surface area contributed by atoms with Crippen LogP contribution in [0, 0.1) is 0 Å². The molecule has 0 rings (SSSR count). The molecule has 0 saturated heterocycles. The number of carbonyl (C=O) groups is 3. The molecule has 0 spiro atoms. The number of hydrogen-bond acceptors (Lipinski definition) is 6. The van der Waals surface area contributed by atoms with Crippen LogP contribution in [0.5, 0.6) is 0 Å². The zero-order valence-electron chi connectivity index (χ0n) is 38.6. The first-order chi connectivity index (χ1) is 28.0. The summed E-state index contributed by atoms with van der Waals surface area (Å²) in [7, 11) is 0. The Kier molecular flexibility index (Phi) is 45.8. The second kappa shape index (κ2) is 47.1. The van der Waals surface area contributed by atoms with Crippen molar-refractivity contribution in [3.8, 4) is 0 Å². The molecule has 1 unspecified atom stereocenters. The quantitative estimate of drug-likeness (QED) is 0.0346. The van der Waals surface area contributed by atoms with E-state index in [2.05, 4.69) is 20.8 Å². The van der Waals surface area contributed by atoms with Gasteiger partial charge in [-0.05, 0) is 19.3 Å². The highest BCUT2D eigenvalue weighted by Gasteiger charge is 2.19. The van der Waals surface area contributed by atoms with Crippen molar-refractivity contribution in [1.29, 1.82) is 0 Å². The third-order valence-corrected chi connectivity index (χ3v) is 11.6. The van der Waals surface area contributed by atoms with Gasteiger partial charge in [0.2, 0.25) is 0 Å². The number of ether oxygens (including phenoxy) is 3. The van der Waals surface area contributed by atoms with Crippen molar-refractivity contribution in [2.24, 2.45) is 0 Å². The van der Waals surface area contributed by atoms with Crippen LogP contribution < -0.4 is 0 Å². The summed E-state index contributed by atoms with van der Waals surface area (Å²) in [5.41, 5.74) is 0. The molecule has 0 bridgehead atoms. The van der Waals surface area contributed by atoms with E-state index in [-0.39, 0.29) is 31.1 Å². The molecule has 0 radical (unpaired) electrons.